The number of aliphatic hydroxyl groups is 1. The molecule has 0 aliphatic rings. The number of aryl methyl sites for hydroxylation is 2. The number of rotatable bonds is 8. The Morgan fingerprint density at radius 3 is 2.72 bits per heavy atom. The van der Waals surface area contributed by atoms with Crippen molar-refractivity contribution in [2.75, 3.05) is 13.2 Å². The molecule has 0 radical (unpaired) electrons. The average Bonchev–Trinajstić information content (AvgIpc) is 2.91. The van der Waals surface area contributed by atoms with Crippen molar-refractivity contribution in [2.24, 2.45) is 5.92 Å². The molecular formula is C18H26N4O3. The first-order valence-electron chi connectivity index (χ1n) is 8.46. The molecule has 3 N–H and O–H groups in total. The van der Waals surface area contributed by atoms with E-state index < -0.39 is 0 Å². The van der Waals surface area contributed by atoms with E-state index >= 15 is 0 Å². The summed E-state index contributed by atoms with van der Waals surface area (Å²) in [5, 5.41) is 19.1. The number of carbonyl (C=O) groups excluding carboxylic acids is 1. The molecule has 0 aliphatic carbocycles. The molecule has 2 heterocycles. The van der Waals surface area contributed by atoms with Crippen LogP contribution in [0.1, 0.15) is 29.6 Å². The van der Waals surface area contributed by atoms with Gasteiger partial charge in [-0.25, -0.2) is 4.79 Å². The van der Waals surface area contributed by atoms with Gasteiger partial charge in [0.05, 0.1) is 5.69 Å². The van der Waals surface area contributed by atoms with E-state index in [2.05, 4.69) is 20.8 Å². The van der Waals surface area contributed by atoms with Crippen molar-refractivity contribution in [2.45, 2.75) is 39.7 Å². The van der Waals surface area contributed by atoms with Crippen LogP contribution in [0.25, 0.3) is 0 Å². The monoisotopic (exact) mass is 346 g/mol. The molecule has 0 bridgehead atoms. The first kappa shape index (κ1) is 18.9. The maximum atomic E-state index is 12.1. The minimum atomic E-state index is -0.251. The van der Waals surface area contributed by atoms with Gasteiger partial charge in [-0.3, -0.25) is 4.98 Å². The topological polar surface area (TPSA) is 100 Å². The molecule has 0 aromatic carbocycles. The molecule has 2 rings (SSSR count). The Morgan fingerprint density at radius 2 is 2.12 bits per heavy atom. The third-order valence-electron chi connectivity index (χ3n) is 4.10. The van der Waals surface area contributed by atoms with Gasteiger partial charge < -0.3 is 20.3 Å². The number of hydrogen-bond acceptors (Lipinski definition) is 5. The highest BCUT2D eigenvalue weighted by Gasteiger charge is 2.16. The Kier molecular flexibility index (Phi) is 6.94. The zero-order chi connectivity index (χ0) is 18.2. The summed E-state index contributed by atoms with van der Waals surface area (Å²) in [6.07, 6.45) is 3.00. The maximum absolute atomic E-state index is 12.1. The van der Waals surface area contributed by atoms with Crippen molar-refractivity contribution >= 4 is 6.03 Å². The second-order valence-electron chi connectivity index (χ2n) is 6.34. The lowest BCUT2D eigenvalue weighted by Gasteiger charge is -2.18. The van der Waals surface area contributed by atoms with E-state index in [-0.39, 0.29) is 24.6 Å². The van der Waals surface area contributed by atoms with Crippen molar-refractivity contribution in [3.63, 3.8) is 0 Å². The molecule has 2 aromatic rings. The second kappa shape index (κ2) is 9.17. The SMILES string of the molecule is Cc1noc(C)c1CC(C)NC(=O)NCC(CO)Cc1ccccn1. The smallest absolute Gasteiger partial charge is 0.315 e. The van der Waals surface area contributed by atoms with E-state index in [1.54, 1.807) is 6.20 Å². The van der Waals surface area contributed by atoms with E-state index in [0.29, 0.717) is 19.4 Å². The fourth-order valence-corrected chi connectivity index (χ4v) is 2.68. The van der Waals surface area contributed by atoms with Crippen LogP contribution in [-0.2, 0) is 12.8 Å². The Morgan fingerprint density at radius 1 is 1.32 bits per heavy atom. The Hall–Kier alpha value is -2.41. The van der Waals surface area contributed by atoms with Gasteiger partial charge in [0.1, 0.15) is 5.76 Å². The quantitative estimate of drug-likeness (QED) is 0.676. The number of nitrogens with zero attached hydrogens (tertiary/aromatic N) is 2. The Balaban J connectivity index is 1.77. The zero-order valence-electron chi connectivity index (χ0n) is 15.0. The summed E-state index contributed by atoms with van der Waals surface area (Å²) in [5.41, 5.74) is 2.77. The van der Waals surface area contributed by atoms with E-state index in [0.717, 1.165) is 22.7 Å². The van der Waals surface area contributed by atoms with Crippen LogP contribution in [0.2, 0.25) is 0 Å². The lowest BCUT2D eigenvalue weighted by molar-refractivity contribution is 0.212. The molecule has 7 nitrogen and oxygen atoms in total. The van der Waals surface area contributed by atoms with Crippen LogP contribution in [0.4, 0.5) is 4.79 Å². The number of nitrogens with one attached hydrogen (secondary N) is 2. The number of aliphatic hydroxyl groups excluding tert-OH is 1. The molecule has 0 aliphatic heterocycles. The van der Waals surface area contributed by atoms with E-state index in [9.17, 15) is 9.90 Å². The minimum absolute atomic E-state index is 0.00845. The Bertz CT molecular complexity index is 653. The van der Waals surface area contributed by atoms with Gasteiger partial charge >= 0.3 is 6.03 Å². The minimum Gasteiger partial charge on any atom is -0.396 e. The molecular weight excluding hydrogens is 320 g/mol. The van der Waals surface area contributed by atoms with Gasteiger partial charge in [0.2, 0.25) is 0 Å². The largest absolute Gasteiger partial charge is 0.396 e. The highest BCUT2D eigenvalue weighted by molar-refractivity contribution is 5.74. The summed E-state index contributed by atoms with van der Waals surface area (Å²) in [7, 11) is 0. The molecule has 0 fully saturated rings. The van der Waals surface area contributed by atoms with Crippen LogP contribution >= 0.6 is 0 Å². The van der Waals surface area contributed by atoms with Gasteiger partial charge in [-0.1, -0.05) is 11.2 Å². The van der Waals surface area contributed by atoms with Gasteiger partial charge in [0, 0.05) is 42.6 Å². The Labute approximate surface area is 147 Å². The van der Waals surface area contributed by atoms with Crippen molar-refractivity contribution in [3.05, 3.63) is 47.1 Å². The number of urea groups is 1. The average molecular weight is 346 g/mol. The van der Waals surface area contributed by atoms with Gasteiger partial charge in [-0.15, -0.1) is 0 Å². The van der Waals surface area contributed by atoms with Crippen LogP contribution in [-0.4, -0.2) is 40.5 Å². The predicted molar refractivity (Wildman–Crippen MR) is 94.2 cm³/mol. The van der Waals surface area contributed by atoms with E-state index in [4.69, 9.17) is 4.52 Å². The van der Waals surface area contributed by atoms with Gasteiger partial charge in [0.15, 0.2) is 0 Å². The number of amides is 2. The summed E-state index contributed by atoms with van der Waals surface area (Å²) in [5.74, 6) is 0.709. The summed E-state index contributed by atoms with van der Waals surface area (Å²) in [4.78, 5) is 16.3. The highest BCUT2D eigenvalue weighted by Crippen LogP contribution is 2.14. The molecule has 2 unspecified atom stereocenters. The van der Waals surface area contributed by atoms with Gasteiger partial charge in [0.25, 0.3) is 0 Å². The number of carbonyl (C=O) groups is 1. The molecule has 2 amide bonds. The van der Waals surface area contributed by atoms with Gasteiger partial charge in [-0.2, -0.15) is 0 Å². The third-order valence-corrected chi connectivity index (χ3v) is 4.10. The van der Waals surface area contributed by atoms with Crippen molar-refractivity contribution in [1.29, 1.82) is 0 Å². The van der Waals surface area contributed by atoms with Crippen molar-refractivity contribution < 1.29 is 14.4 Å². The number of pyridine rings is 1. The van der Waals surface area contributed by atoms with Crippen LogP contribution in [0.15, 0.2) is 28.9 Å². The summed E-state index contributed by atoms with van der Waals surface area (Å²) in [6.45, 7) is 6.07. The fraction of sp³-hybridized carbons (Fsp3) is 0.500. The lowest BCUT2D eigenvalue weighted by Crippen LogP contribution is -2.44. The zero-order valence-corrected chi connectivity index (χ0v) is 15.0. The lowest BCUT2D eigenvalue weighted by atomic mass is 10.0. The van der Waals surface area contributed by atoms with Crippen molar-refractivity contribution in [3.8, 4) is 0 Å². The van der Waals surface area contributed by atoms with Crippen LogP contribution < -0.4 is 10.6 Å². The molecule has 0 spiro atoms. The molecule has 136 valence electrons. The first-order chi connectivity index (χ1) is 12.0. The van der Waals surface area contributed by atoms with Gasteiger partial charge in [-0.05, 0) is 45.7 Å². The number of hydrogen-bond donors (Lipinski definition) is 3. The molecule has 0 saturated carbocycles. The van der Waals surface area contributed by atoms with Crippen LogP contribution in [0, 0.1) is 19.8 Å². The molecule has 2 atom stereocenters. The summed E-state index contributed by atoms with van der Waals surface area (Å²) >= 11 is 0. The summed E-state index contributed by atoms with van der Waals surface area (Å²) < 4.78 is 5.14. The molecule has 2 aromatic heterocycles. The normalized spacial score (nSPS) is 13.3. The fourth-order valence-electron chi connectivity index (χ4n) is 2.68. The standard InChI is InChI=1S/C18H26N4O3/c1-12(8-17-13(2)22-25-14(17)3)21-18(24)20-10-15(11-23)9-16-6-4-5-7-19-16/h4-7,12,15,23H,8-11H2,1-3H3,(H2,20,21,24). The highest BCUT2D eigenvalue weighted by atomic mass is 16.5. The second-order valence-corrected chi connectivity index (χ2v) is 6.34. The number of aromatic nitrogens is 2. The molecule has 25 heavy (non-hydrogen) atoms. The molecule has 7 heteroatoms. The van der Waals surface area contributed by atoms with Crippen LogP contribution in [0.3, 0.4) is 0 Å². The summed E-state index contributed by atoms with van der Waals surface area (Å²) in [6, 6.07) is 5.37. The van der Waals surface area contributed by atoms with Crippen LogP contribution in [0.5, 0.6) is 0 Å². The predicted octanol–water partition coefficient (Wildman–Crippen LogP) is 1.77. The first-order valence-corrected chi connectivity index (χ1v) is 8.46. The molecule has 0 saturated heterocycles. The van der Waals surface area contributed by atoms with Crippen molar-refractivity contribution in [1.82, 2.24) is 20.8 Å². The van der Waals surface area contributed by atoms with E-state index in [1.807, 2.05) is 39.0 Å². The maximum Gasteiger partial charge on any atom is 0.315 e. The third kappa shape index (κ3) is 5.86. The van der Waals surface area contributed by atoms with E-state index in [1.165, 1.54) is 0 Å².